The lowest BCUT2D eigenvalue weighted by Crippen LogP contribution is -2.48. The van der Waals surface area contributed by atoms with E-state index in [9.17, 15) is 19.5 Å². The Balaban J connectivity index is 1.37. The van der Waals surface area contributed by atoms with E-state index in [2.05, 4.69) is 49.1 Å². The Hall–Kier alpha value is -4.43. The molecule has 256 valence electrons. The molecule has 0 bridgehead atoms. The lowest BCUT2D eigenvalue weighted by Gasteiger charge is -2.35. The van der Waals surface area contributed by atoms with E-state index in [4.69, 9.17) is 15.6 Å². The summed E-state index contributed by atoms with van der Waals surface area (Å²) in [5.74, 6) is -0.544. The summed E-state index contributed by atoms with van der Waals surface area (Å²) in [6.07, 6.45) is 4.71. The van der Waals surface area contributed by atoms with Gasteiger partial charge >= 0.3 is 5.97 Å². The number of fused-ring (bicyclic) bond motifs is 1. The molecule has 1 unspecified atom stereocenters. The van der Waals surface area contributed by atoms with Crippen LogP contribution in [0.2, 0.25) is 0 Å². The third-order valence-electron chi connectivity index (χ3n) is 8.48. The van der Waals surface area contributed by atoms with Gasteiger partial charge in [-0.2, -0.15) is 4.98 Å². The van der Waals surface area contributed by atoms with E-state index in [1.165, 1.54) is 0 Å². The van der Waals surface area contributed by atoms with Gasteiger partial charge in [0.05, 0.1) is 38.2 Å². The molecule has 0 aliphatic carbocycles. The number of nitrogens with zero attached hydrogens (tertiary/aromatic N) is 5. The SMILES string of the molecule is CCCC[C@@H](CO)Nc1nc(N)nc2ccn(Cc3cc(CN4CCN(C(=O)CCNC(=O)C(C)CC(=O)O)CC4)ccc3OC)c12. The fourth-order valence-electron chi connectivity index (χ4n) is 5.84. The van der Waals surface area contributed by atoms with Crippen molar-refractivity contribution in [2.75, 3.05) is 57.5 Å². The summed E-state index contributed by atoms with van der Waals surface area (Å²) in [5.41, 5.74) is 9.65. The number of carboxylic acids is 1. The molecular weight excluding hydrogens is 604 g/mol. The number of aliphatic carboxylic acids is 1. The molecule has 3 aromatic rings. The number of aliphatic hydroxyl groups excluding tert-OH is 1. The molecule has 2 atom stereocenters. The largest absolute Gasteiger partial charge is 0.496 e. The second kappa shape index (κ2) is 16.9. The Kier molecular flexibility index (Phi) is 12.8. The number of carbonyl (C=O) groups excluding carboxylic acids is 2. The molecule has 1 aromatic carbocycles. The van der Waals surface area contributed by atoms with Crippen LogP contribution in [0.4, 0.5) is 11.8 Å². The first-order valence-corrected chi connectivity index (χ1v) is 16.3. The molecule has 0 radical (unpaired) electrons. The highest BCUT2D eigenvalue weighted by Gasteiger charge is 2.23. The van der Waals surface area contributed by atoms with Crippen LogP contribution in [0.3, 0.4) is 0 Å². The Morgan fingerprint density at radius 1 is 1.11 bits per heavy atom. The second-order valence-corrected chi connectivity index (χ2v) is 12.1. The number of piperazine rings is 1. The van der Waals surface area contributed by atoms with Crippen LogP contribution in [-0.4, -0.2) is 105 Å². The van der Waals surface area contributed by atoms with Crippen LogP contribution in [-0.2, 0) is 27.5 Å². The minimum absolute atomic E-state index is 0.0157. The molecule has 1 aliphatic heterocycles. The number of nitrogens with two attached hydrogens (primary N) is 1. The predicted octanol–water partition coefficient (Wildman–Crippen LogP) is 2.29. The molecular formula is C33H48N8O6. The van der Waals surface area contributed by atoms with Crippen molar-refractivity contribution < 1.29 is 29.3 Å². The zero-order valence-electron chi connectivity index (χ0n) is 27.6. The summed E-state index contributed by atoms with van der Waals surface area (Å²) in [7, 11) is 1.65. The number of carboxylic acid groups (broad SMARTS) is 1. The normalized spacial score (nSPS) is 14.9. The number of amides is 2. The molecule has 6 N–H and O–H groups in total. The number of aromatic nitrogens is 3. The van der Waals surface area contributed by atoms with Gasteiger partial charge in [0.1, 0.15) is 11.3 Å². The van der Waals surface area contributed by atoms with Gasteiger partial charge in [-0.05, 0) is 30.2 Å². The number of benzene rings is 1. The molecule has 1 saturated heterocycles. The second-order valence-electron chi connectivity index (χ2n) is 12.1. The number of methoxy groups -OCH3 is 1. The Labute approximate surface area is 275 Å². The molecule has 3 heterocycles. The van der Waals surface area contributed by atoms with Crippen LogP contribution in [0.15, 0.2) is 30.5 Å². The minimum atomic E-state index is -1.03. The number of rotatable bonds is 17. The van der Waals surface area contributed by atoms with Crippen molar-refractivity contribution in [2.24, 2.45) is 5.92 Å². The summed E-state index contributed by atoms with van der Waals surface area (Å²) in [6.45, 7) is 7.68. The summed E-state index contributed by atoms with van der Waals surface area (Å²) < 4.78 is 7.78. The number of nitrogen functional groups attached to an aromatic ring is 1. The number of hydrogen-bond donors (Lipinski definition) is 5. The number of nitrogens with one attached hydrogen (secondary N) is 2. The van der Waals surface area contributed by atoms with Crippen molar-refractivity contribution in [2.45, 2.75) is 65.1 Å². The average molecular weight is 653 g/mol. The van der Waals surface area contributed by atoms with Crippen LogP contribution in [0, 0.1) is 5.92 Å². The molecule has 1 aliphatic rings. The summed E-state index contributed by atoms with van der Waals surface area (Å²) in [4.78, 5) is 48.6. The van der Waals surface area contributed by atoms with E-state index >= 15 is 0 Å². The van der Waals surface area contributed by atoms with Gasteiger partial charge in [0.15, 0.2) is 5.82 Å². The van der Waals surface area contributed by atoms with Crippen LogP contribution in [0.5, 0.6) is 5.75 Å². The fourth-order valence-corrected chi connectivity index (χ4v) is 5.84. The molecule has 0 saturated carbocycles. The van der Waals surface area contributed by atoms with Crippen molar-refractivity contribution in [1.82, 2.24) is 29.7 Å². The van der Waals surface area contributed by atoms with Crippen molar-refractivity contribution >= 4 is 40.6 Å². The van der Waals surface area contributed by atoms with Crippen molar-refractivity contribution in [3.8, 4) is 5.75 Å². The third kappa shape index (κ3) is 9.78. The first kappa shape index (κ1) is 35.4. The van der Waals surface area contributed by atoms with E-state index in [1.54, 1.807) is 14.0 Å². The van der Waals surface area contributed by atoms with Crippen molar-refractivity contribution in [3.05, 3.63) is 41.6 Å². The van der Waals surface area contributed by atoms with Gasteiger partial charge in [0, 0.05) is 63.4 Å². The molecule has 47 heavy (non-hydrogen) atoms. The summed E-state index contributed by atoms with van der Waals surface area (Å²) in [5, 5.41) is 24.9. The zero-order valence-corrected chi connectivity index (χ0v) is 27.6. The molecule has 2 amide bonds. The molecule has 1 fully saturated rings. The Morgan fingerprint density at radius 2 is 1.87 bits per heavy atom. The summed E-state index contributed by atoms with van der Waals surface area (Å²) >= 11 is 0. The highest BCUT2D eigenvalue weighted by Crippen LogP contribution is 2.28. The number of aliphatic hydroxyl groups is 1. The van der Waals surface area contributed by atoms with Gasteiger partial charge in [-0.25, -0.2) is 4.98 Å². The van der Waals surface area contributed by atoms with Crippen LogP contribution in [0.25, 0.3) is 11.0 Å². The highest BCUT2D eigenvalue weighted by molar-refractivity contribution is 5.88. The van der Waals surface area contributed by atoms with Gasteiger partial charge in [-0.15, -0.1) is 0 Å². The first-order chi connectivity index (χ1) is 22.6. The third-order valence-corrected chi connectivity index (χ3v) is 8.48. The molecule has 4 rings (SSSR count). The molecule has 14 nitrogen and oxygen atoms in total. The highest BCUT2D eigenvalue weighted by atomic mass is 16.5. The number of anilines is 2. The fraction of sp³-hybridized carbons (Fsp3) is 0.545. The number of unbranched alkanes of at least 4 members (excludes halogenated alkanes) is 1. The van der Waals surface area contributed by atoms with E-state index in [0.717, 1.165) is 54.7 Å². The monoisotopic (exact) mass is 652 g/mol. The smallest absolute Gasteiger partial charge is 0.304 e. The van der Waals surface area contributed by atoms with Crippen molar-refractivity contribution in [3.63, 3.8) is 0 Å². The Morgan fingerprint density at radius 3 is 2.55 bits per heavy atom. The molecule has 0 spiro atoms. The Bertz CT molecular complexity index is 1520. The average Bonchev–Trinajstić information content (AvgIpc) is 3.45. The molecule has 14 heteroatoms. The number of ether oxygens (including phenoxy) is 1. The predicted molar refractivity (Wildman–Crippen MR) is 179 cm³/mol. The van der Waals surface area contributed by atoms with E-state index in [0.29, 0.717) is 37.5 Å². The van der Waals surface area contributed by atoms with E-state index in [-0.39, 0.29) is 49.8 Å². The maximum Gasteiger partial charge on any atom is 0.304 e. The van der Waals surface area contributed by atoms with Crippen LogP contribution >= 0.6 is 0 Å². The number of hydrogen-bond acceptors (Lipinski definition) is 10. The van der Waals surface area contributed by atoms with Crippen LogP contribution in [0.1, 0.15) is 57.1 Å². The van der Waals surface area contributed by atoms with E-state index < -0.39 is 11.9 Å². The molecule has 2 aromatic heterocycles. The maximum absolute atomic E-state index is 12.7. The van der Waals surface area contributed by atoms with Gasteiger partial charge in [0.2, 0.25) is 17.8 Å². The summed E-state index contributed by atoms with van der Waals surface area (Å²) in [6, 6.07) is 7.92. The maximum atomic E-state index is 12.7. The lowest BCUT2D eigenvalue weighted by molar-refractivity contribution is -0.141. The quantitative estimate of drug-likeness (QED) is 0.144. The van der Waals surface area contributed by atoms with Gasteiger partial charge in [-0.1, -0.05) is 32.8 Å². The topological polar surface area (TPSA) is 188 Å². The van der Waals surface area contributed by atoms with Gasteiger partial charge < -0.3 is 40.8 Å². The van der Waals surface area contributed by atoms with E-state index in [1.807, 2.05) is 23.2 Å². The zero-order chi connectivity index (χ0) is 33.9. The minimum Gasteiger partial charge on any atom is -0.496 e. The first-order valence-electron chi connectivity index (χ1n) is 16.3. The van der Waals surface area contributed by atoms with Crippen molar-refractivity contribution in [1.29, 1.82) is 0 Å². The van der Waals surface area contributed by atoms with Gasteiger partial charge in [-0.3, -0.25) is 19.3 Å². The standard InChI is InChI=1S/C33H48N8O6/c1-4-5-6-25(21-42)36-31-30-26(37-33(34)38-31)10-12-41(30)20-24-18-23(7-8-27(24)47-3)19-39-13-15-40(16-14-39)28(43)9-11-35-32(46)22(2)17-29(44)45/h7-8,10,12,18,22,25,42H,4-6,9,11,13-17,19-21H2,1-3H3,(H,35,46)(H,44,45)(H3,34,36,37,38)/t22?,25-/m0/s1. The van der Waals surface area contributed by atoms with Gasteiger partial charge in [0.25, 0.3) is 0 Å². The lowest BCUT2D eigenvalue weighted by atomic mass is 10.1. The number of carbonyl (C=O) groups is 3. The van der Waals surface area contributed by atoms with Crippen LogP contribution < -0.4 is 21.1 Å².